The third-order valence-corrected chi connectivity index (χ3v) is 5.79. The summed E-state index contributed by atoms with van der Waals surface area (Å²) in [4.78, 5) is 11.1. The summed E-state index contributed by atoms with van der Waals surface area (Å²) in [6, 6.07) is 8.68. The first-order valence-corrected chi connectivity index (χ1v) is 10.1. The van der Waals surface area contributed by atoms with Gasteiger partial charge < -0.3 is 0 Å². The molecule has 1 aromatic heterocycles. The van der Waals surface area contributed by atoms with E-state index in [1.807, 2.05) is 0 Å². The van der Waals surface area contributed by atoms with Crippen LogP contribution in [0.15, 0.2) is 36.0 Å². The van der Waals surface area contributed by atoms with Crippen LogP contribution >= 0.6 is 0 Å². The first-order valence-electron chi connectivity index (χ1n) is 10.1. The molecule has 0 saturated carbocycles. The maximum absolute atomic E-state index is 15.1. The van der Waals surface area contributed by atoms with Crippen molar-refractivity contribution in [1.29, 1.82) is 15.8 Å². The molecule has 0 amide bonds. The molecule has 4 rings (SSSR count). The second-order valence-electron chi connectivity index (χ2n) is 7.93. The van der Waals surface area contributed by atoms with Gasteiger partial charge >= 0.3 is 23.9 Å². The van der Waals surface area contributed by atoms with Gasteiger partial charge in [-0.2, -0.15) is 50.0 Å². The lowest BCUT2D eigenvalue weighted by atomic mass is 9.89. The predicted octanol–water partition coefficient (Wildman–Crippen LogP) is 6.48. The summed E-state index contributed by atoms with van der Waals surface area (Å²) in [5.74, 6) is -20.4. The lowest BCUT2D eigenvalue weighted by Crippen LogP contribution is -2.59. The van der Waals surface area contributed by atoms with E-state index in [0.717, 1.165) is 18.2 Å². The quantitative estimate of drug-likeness (QED) is 0.166. The molecule has 1 aliphatic rings. The Morgan fingerprint density at radius 3 is 1.79 bits per heavy atom. The van der Waals surface area contributed by atoms with Crippen molar-refractivity contribution in [3.63, 3.8) is 0 Å². The summed E-state index contributed by atoms with van der Waals surface area (Å²) in [5.41, 5.74) is -7.22. The molecule has 0 unspecified atom stereocenters. The van der Waals surface area contributed by atoms with E-state index >= 15 is 8.78 Å². The molecule has 1 aliphatic carbocycles. The molecule has 6 nitrogen and oxygen atoms in total. The molecule has 0 fully saturated rings. The number of hydrogen-bond acceptors (Lipinski definition) is 5. The summed E-state index contributed by atoms with van der Waals surface area (Å²) in [7, 11) is 0. The zero-order valence-corrected chi connectivity index (χ0v) is 18.5. The molecule has 2 aromatic carbocycles. The fraction of sp³-hybridized carbons (Fsp3) is 0.167. The molecule has 1 heterocycles. The lowest BCUT2D eigenvalue weighted by Gasteiger charge is -2.34. The van der Waals surface area contributed by atoms with E-state index < -0.39 is 63.3 Å². The molecule has 15 heteroatoms. The van der Waals surface area contributed by atoms with E-state index in [2.05, 4.69) is 14.8 Å². The van der Waals surface area contributed by atoms with Gasteiger partial charge in [-0.1, -0.05) is 18.2 Å². The van der Waals surface area contributed by atoms with Crippen molar-refractivity contribution in [3.8, 4) is 29.5 Å². The molecule has 0 bridgehead atoms. The van der Waals surface area contributed by atoms with Crippen molar-refractivity contribution in [2.75, 3.05) is 0 Å². The fourth-order valence-corrected chi connectivity index (χ4v) is 3.96. The van der Waals surface area contributed by atoms with Crippen LogP contribution in [0.2, 0.25) is 0 Å². The first kappa shape index (κ1) is 26.9. The Bertz CT molecular complexity index is 1760. The van der Waals surface area contributed by atoms with Crippen molar-refractivity contribution in [3.05, 3.63) is 75.4 Å². The number of halogens is 9. The SMILES string of the molecule is [C-]#[N+]/C(C#N)=C1/c2nc3cc(C#N)c(C#N)cc3nc2-c2cccc(C(F)(F)C(F)(F)C(F)(F)C(F)(F)F)c21. The van der Waals surface area contributed by atoms with E-state index in [1.54, 1.807) is 12.1 Å². The van der Waals surface area contributed by atoms with Crippen molar-refractivity contribution < 1.29 is 39.5 Å². The Morgan fingerprint density at radius 2 is 1.33 bits per heavy atom. The molecular weight excluding hydrogens is 543 g/mol. The van der Waals surface area contributed by atoms with Gasteiger partial charge in [-0.25, -0.2) is 20.1 Å². The van der Waals surface area contributed by atoms with Crippen LogP contribution in [0.1, 0.15) is 27.9 Å². The van der Waals surface area contributed by atoms with Gasteiger partial charge in [0.25, 0.3) is 5.70 Å². The van der Waals surface area contributed by atoms with E-state index in [0.29, 0.717) is 6.07 Å². The van der Waals surface area contributed by atoms with Gasteiger partial charge in [-0.15, -0.1) is 0 Å². The minimum atomic E-state index is -7.19. The third-order valence-electron chi connectivity index (χ3n) is 5.79. The minimum absolute atomic E-state index is 0.121. The maximum Gasteiger partial charge on any atom is 0.460 e. The van der Waals surface area contributed by atoms with Crippen LogP contribution in [0.4, 0.5) is 39.5 Å². The number of aromatic nitrogens is 2. The number of fused-ring (bicyclic) bond motifs is 4. The first-order chi connectivity index (χ1) is 18.1. The highest BCUT2D eigenvalue weighted by Gasteiger charge is 2.82. The number of benzene rings is 2. The van der Waals surface area contributed by atoms with Crippen molar-refractivity contribution in [2.45, 2.75) is 23.9 Å². The smallest absolute Gasteiger partial charge is 0.245 e. The average Bonchev–Trinajstić information content (AvgIpc) is 3.19. The van der Waals surface area contributed by atoms with E-state index in [-0.39, 0.29) is 28.2 Å². The van der Waals surface area contributed by atoms with Gasteiger partial charge in [0.15, 0.2) is 0 Å². The number of allylic oxidation sites excluding steroid dienone is 1. The molecule has 0 saturated heterocycles. The Morgan fingerprint density at radius 1 is 0.795 bits per heavy atom. The Kier molecular flexibility index (Phi) is 5.82. The van der Waals surface area contributed by atoms with Crippen LogP contribution in [0, 0.1) is 40.6 Å². The van der Waals surface area contributed by atoms with Gasteiger partial charge in [0.1, 0.15) is 12.1 Å². The highest BCUT2D eigenvalue weighted by molar-refractivity contribution is 6.04. The number of alkyl halides is 9. The monoisotopic (exact) mass is 548 g/mol. The number of hydrogen-bond donors (Lipinski definition) is 0. The van der Waals surface area contributed by atoms with Gasteiger partial charge in [-0.3, -0.25) is 0 Å². The molecule has 3 aromatic rings. The Hall–Kier alpha value is -5.15. The third kappa shape index (κ3) is 3.55. The van der Waals surface area contributed by atoms with Crippen LogP contribution in [0.3, 0.4) is 0 Å². The number of rotatable bonds is 3. The highest BCUT2D eigenvalue weighted by Crippen LogP contribution is 2.59. The van der Waals surface area contributed by atoms with Crippen molar-refractivity contribution in [1.82, 2.24) is 9.97 Å². The molecule has 0 atom stereocenters. The van der Waals surface area contributed by atoms with Crippen LogP contribution in [0.5, 0.6) is 0 Å². The van der Waals surface area contributed by atoms with Gasteiger partial charge in [0.2, 0.25) is 0 Å². The molecule has 0 N–H and O–H groups in total. The topological polar surface area (TPSA) is 102 Å². The summed E-state index contributed by atoms with van der Waals surface area (Å²) in [6.07, 6.45) is -7.06. The molecule has 194 valence electrons. The standard InChI is InChI=1S/C24H5F9N6/c1-37-16(9-36)18-17-12(19-20(18)39-15-6-11(8-35)10(7-34)5-14(15)38-19)3-2-4-13(17)21(25,26)22(27,28)23(29,30)24(31,32)33/h2-6H/b18-16+. The summed E-state index contributed by atoms with van der Waals surface area (Å²) >= 11 is 0. The number of nitriles is 3. The van der Waals surface area contributed by atoms with Crippen LogP contribution < -0.4 is 0 Å². The van der Waals surface area contributed by atoms with Crippen LogP contribution in [0.25, 0.3) is 32.7 Å². The second-order valence-corrected chi connectivity index (χ2v) is 7.93. The Balaban J connectivity index is 2.12. The molecule has 39 heavy (non-hydrogen) atoms. The lowest BCUT2D eigenvalue weighted by molar-refractivity contribution is -0.399. The maximum atomic E-state index is 15.1. The summed E-state index contributed by atoms with van der Waals surface area (Å²) < 4.78 is 125. The van der Waals surface area contributed by atoms with E-state index in [1.165, 1.54) is 6.07 Å². The zero-order valence-electron chi connectivity index (χ0n) is 18.5. The zero-order chi connectivity index (χ0) is 29.1. The average molecular weight is 548 g/mol. The highest BCUT2D eigenvalue weighted by atomic mass is 19.4. The van der Waals surface area contributed by atoms with E-state index in [4.69, 9.17) is 6.57 Å². The molecular formula is C24H5F9N6. The number of nitrogens with zero attached hydrogens (tertiary/aromatic N) is 6. The van der Waals surface area contributed by atoms with Gasteiger partial charge in [0, 0.05) is 16.7 Å². The Labute approximate surface area is 211 Å². The molecule has 0 spiro atoms. The van der Waals surface area contributed by atoms with Crippen molar-refractivity contribution >= 4 is 16.6 Å². The minimum Gasteiger partial charge on any atom is -0.245 e. The summed E-state index contributed by atoms with van der Waals surface area (Å²) in [5, 5.41) is 27.9. The second kappa shape index (κ2) is 8.44. The van der Waals surface area contributed by atoms with Gasteiger partial charge in [0.05, 0.1) is 46.2 Å². The largest absolute Gasteiger partial charge is 0.460 e. The van der Waals surface area contributed by atoms with Crippen LogP contribution in [-0.2, 0) is 5.92 Å². The predicted molar refractivity (Wildman–Crippen MR) is 112 cm³/mol. The van der Waals surface area contributed by atoms with Crippen molar-refractivity contribution in [2.24, 2.45) is 0 Å². The van der Waals surface area contributed by atoms with E-state index in [9.17, 15) is 46.5 Å². The van der Waals surface area contributed by atoms with Gasteiger partial charge in [-0.05, 0) is 17.7 Å². The fourth-order valence-electron chi connectivity index (χ4n) is 3.96. The molecule has 0 aliphatic heterocycles. The summed E-state index contributed by atoms with van der Waals surface area (Å²) in [6.45, 7) is 7.23. The van der Waals surface area contributed by atoms with Crippen LogP contribution in [-0.4, -0.2) is 28.0 Å². The molecule has 0 radical (unpaired) electrons. The normalized spacial score (nSPS) is 14.5.